The molecule has 1 saturated heterocycles. The van der Waals surface area contributed by atoms with Gasteiger partial charge in [0.05, 0.1) is 16.3 Å². The molecular weight excluding hydrogens is 456 g/mol. The minimum absolute atomic E-state index is 0.108. The van der Waals surface area contributed by atoms with Gasteiger partial charge >= 0.3 is 0 Å². The molecule has 0 spiro atoms. The number of para-hydroxylation sites is 1. The number of hydrogen-bond acceptors (Lipinski definition) is 5. The lowest BCUT2D eigenvalue weighted by atomic mass is 9.96. The smallest absolute Gasteiger partial charge is 0.243 e. The summed E-state index contributed by atoms with van der Waals surface area (Å²) in [6.45, 7) is 2.07. The van der Waals surface area contributed by atoms with E-state index in [1.165, 1.54) is 15.6 Å². The number of rotatable bonds is 5. The SMILES string of the molecule is Cc1csc(N(C(=O)C2CCN(S(=O)(=O)c3ccc(F)c(F)c3)CC2)c2ccccc2)n1. The minimum Gasteiger partial charge on any atom is -0.274 e. The first kappa shape index (κ1) is 22.5. The molecule has 0 radical (unpaired) electrons. The van der Waals surface area contributed by atoms with Crippen LogP contribution in [0.15, 0.2) is 58.8 Å². The average molecular weight is 478 g/mol. The maximum atomic E-state index is 13.5. The Balaban J connectivity index is 1.52. The van der Waals surface area contributed by atoms with E-state index in [4.69, 9.17) is 0 Å². The van der Waals surface area contributed by atoms with Crippen molar-refractivity contribution in [3.63, 3.8) is 0 Å². The lowest BCUT2D eigenvalue weighted by Gasteiger charge is -2.33. The van der Waals surface area contributed by atoms with Crippen molar-refractivity contribution in [1.29, 1.82) is 0 Å². The monoisotopic (exact) mass is 477 g/mol. The van der Waals surface area contributed by atoms with Gasteiger partial charge in [0, 0.05) is 24.4 Å². The second-order valence-corrected chi connectivity index (χ2v) is 10.3. The molecule has 10 heteroatoms. The molecule has 4 rings (SSSR count). The molecule has 0 N–H and O–H groups in total. The van der Waals surface area contributed by atoms with Crippen LogP contribution >= 0.6 is 11.3 Å². The zero-order chi connectivity index (χ0) is 22.9. The van der Waals surface area contributed by atoms with Gasteiger partial charge in [0.25, 0.3) is 0 Å². The van der Waals surface area contributed by atoms with Crippen LogP contribution in [0.1, 0.15) is 18.5 Å². The van der Waals surface area contributed by atoms with Gasteiger partial charge in [-0.2, -0.15) is 4.31 Å². The van der Waals surface area contributed by atoms with Crippen LogP contribution in [-0.2, 0) is 14.8 Å². The topological polar surface area (TPSA) is 70.6 Å². The number of sulfonamides is 1. The number of piperidine rings is 1. The third-order valence-electron chi connectivity index (χ3n) is 5.36. The van der Waals surface area contributed by atoms with Crippen molar-refractivity contribution < 1.29 is 22.0 Å². The van der Waals surface area contributed by atoms with E-state index in [2.05, 4.69) is 4.98 Å². The number of hydrogen-bond donors (Lipinski definition) is 0. The zero-order valence-corrected chi connectivity index (χ0v) is 18.9. The third-order valence-corrected chi connectivity index (χ3v) is 8.20. The first-order valence-corrected chi connectivity index (χ1v) is 12.4. The van der Waals surface area contributed by atoms with E-state index in [1.807, 2.05) is 42.6 Å². The Morgan fingerprint density at radius 3 is 2.38 bits per heavy atom. The van der Waals surface area contributed by atoms with Gasteiger partial charge in [0.2, 0.25) is 15.9 Å². The Kier molecular flexibility index (Phi) is 6.36. The zero-order valence-electron chi connectivity index (χ0n) is 17.2. The fraction of sp³-hybridized carbons (Fsp3) is 0.273. The van der Waals surface area contributed by atoms with E-state index in [0.29, 0.717) is 29.7 Å². The molecule has 3 aromatic rings. The van der Waals surface area contributed by atoms with Gasteiger partial charge in [-0.05, 0) is 50.1 Å². The molecule has 1 amide bonds. The molecule has 0 bridgehead atoms. The van der Waals surface area contributed by atoms with Crippen LogP contribution in [0, 0.1) is 24.5 Å². The van der Waals surface area contributed by atoms with Crippen molar-refractivity contribution in [3.8, 4) is 0 Å². The summed E-state index contributed by atoms with van der Waals surface area (Å²) in [5, 5.41) is 2.44. The number of aromatic nitrogens is 1. The van der Waals surface area contributed by atoms with Crippen molar-refractivity contribution in [3.05, 3.63) is 71.2 Å². The first-order valence-electron chi connectivity index (χ1n) is 10.0. The minimum atomic E-state index is -3.98. The molecule has 2 aromatic carbocycles. The lowest BCUT2D eigenvalue weighted by molar-refractivity contribution is -0.122. The number of carbonyl (C=O) groups excluding carboxylic acids is 1. The van der Waals surface area contributed by atoms with Gasteiger partial charge in [0.1, 0.15) is 0 Å². The summed E-state index contributed by atoms with van der Waals surface area (Å²) in [4.78, 5) is 19.2. The van der Waals surface area contributed by atoms with Crippen LogP contribution in [0.4, 0.5) is 19.6 Å². The van der Waals surface area contributed by atoms with Crippen molar-refractivity contribution in [2.45, 2.75) is 24.7 Å². The standard InChI is InChI=1S/C22H21F2N3O3S2/c1-15-14-31-22(25-15)27(17-5-3-2-4-6-17)21(28)16-9-11-26(12-10-16)32(29,30)18-7-8-19(23)20(24)13-18/h2-8,13-14,16H,9-12H2,1H3. The van der Waals surface area contributed by atoms with Crippen molar-refractivity contribution in [2.24, 2.45) is 5.92 Å². The summed E-state index contributed by atoms with van der Waals surface area (Å²) in [6.07, 6.45) is 0.630. The highest BCUT2D eigenvalue weighted by molar-refractivity contribution is 7.89. The van der Waals surface area contributed by atoms with Crippen molar-refractivity contribution >= 4 is 38.1 Å². The summed E-state index contributed by atoms with van der Waals surface area (Å²) in [5.74, 6) is -2.86. The van der Waals surface area contributed by atoms with Crippen LogP contribution in [-0.4, -0.2) is 36.7 Å². The van der Waals surface area contributed by atoms with Gasteiger partial charge in [-0.1, -0.05) is 18.2 Å². The van der Waals surface area contributed by atoms with E-state index in [1.54, 1.807) is 4.90 Å². The quantitative estimate of drug-likeness (QED) is 0.543. The van der Waals surface area contributed by atoms with Gasteiger partial charge in [0.15, 0.2) is 16.8 Å². The van der Waals surface area contributed by atoms with Gasteiger partial charge < -0.3 is 0 Å². The molecule has 2 heterocycles. The van der Waals surface area contributed by atoms with Crippen LogP contribution in [0.25, 0.3) is 0 Å². The maximum Gasteiger partial charge on any atom is 0.243 e. The van der Waals surface area contributed by atoms with E-state index >= 15 is 0 Å². The van der Waals surface area contributed by atoms with Gasteiger partial charge in [-0.3, -0.25) is 9.69 Å². The van der Waals surface area contributed by atoms with Crippen molar-refractivity contribution in [1.82, 2.24) is 9.29 Å². The van der Waals surface area contributed by atoms with Crippen molar-refractivity contribution in [2.75, 3.05) is 18.0 Å². The van der Waals surface area contributed by atoms with E-state index in [9.17, 15) is 22.0 Å². The Morgan fingerprint density at radius 1 is 1.09 bits per heavy atom. The third kappa shape index (κ3) is 4.43. The predicted octanol–water partition coefficient (Wildman–Crippen LogP) is 4.50. The number of thiazole rings is 1. The summed E-state index contributed by atoms with van der Waals surface area (Å²) in [5.41, 5.74) is 1.51. The van der Waals surface area contributed by atoms with Gasteiger partial charge in [-0.15, -0.1) is 11.3 Å². The summed E-state index contributed by atoms with van der Waals surface area (Å²) >= 11 is 1.37. The maximum absolute atomic E-state index is 13.5. The Hall–Kier alpha value is -2.69. The fourth-order valence-corrected chi connectivity index (χ4v) is 5.97. The molecule has 1 aliphatic heterocycles. The number of anilines is 2. The van der Waals surface area contributed by atoms with Crippen LogP contribution in [0.2, 0.25) is 0 Å². The van der Waals surface area contributed by atoms with Crippen LogP contribution in [0.5, 0.6) is 0 Å². The highest BCUT2D eigenvalue weighted by atomic mass is 32.2. The van der Waals surface area contributed by atoms with E-state index < -0.39 is 27.6 Å². The molecule has 6 nitrogen and oxygen atoms in total. The number of benzene rings is 2. The molecule has 32 heavy (non-hydrogen) atoms. The van der Waals surface area contributed by atoms with E-state index in [0.717, 1.165) is 17.8 Å². The number of aryl methyl sites for hydroxylation is 1. The molecule has 0 unspecified atom stereocenters. The predicted molar refractivity (Wildman–Crippen MR) is 118 cm³/mol. The molecule has 1 aromatic heterocycles. The average Bonchev–Trinajstić information content (AvgIpc) is 3.22. The molecule has 0 aliphatic carbocycles. The van der Waals surface area contributed by atoms with E-state index in [-0.39, 0.29) is 23.9 Å². The number of carbonyl (C=O) groups is 1. The lowest BCUT2D eigenvalue weighted by Crippen LogP contribution is -2.43. The van der Waals surface area contributed by atoms with Crippen LogP contribution < -0.4 is 4.90 Å². The Morgan fingerprint density at radius 2 is 1.78 bits per heavy atom. The largest absolute Gasteiger partial charge is 0.274 e. The molecule has 1 aliphatic rings. The second-order valence-electron chi connectivity index (χ2n) is 7.53. The highest BCUT2D eigenvalue weighted by Gasteiger charge is 2.35. The summed E-state index contributed by atoms with van der Waals surface area (Å²) < 4.78 is 53.6. The number of amides is 1. The summed E-state index contributed by atoms with van der Waals surface area (Å²) in [7, 11) is -3.98. The normalized spacial score (nSPS) is 15.6. The van der Waals surface area contributed by atoms with Crippen LogP contribution in [0.3, 0.4) is 0 Å². The molecule has 1 fully saturated rings. The fourth-order valence-electron chi connectivity index (χ4n) is 3.67. The molecule has 0 saturated carbocycles. The molecule has 168 valence electrons. The molecule has 0 atom stereocenters. The number of nitrogens with zero attached hydrogens (tertiary/aromatic N) is 3. The number of halogens is 2. The first-order chi connectivity index (χ1) is 15.3. The summed E-state index contributed by atoms with van der Waals surface area (Å²) in [6, 6.07) is 11.7. The second kappa shape index (κ2) is 9.05. The highest BCUT2D eigenvalue weighted by Crippen LogP contribution is 2.33. The Labute approximate surface area is 189 Å². The Bertz CT molecular complexity index is 1220. The van der Waals surface area contributed by atoms with Gasteiger partial charge in [-0.25, -0.2) is 22.2 Å². The molecular formula is C22H21F2N3O3S2.